The van der Waals surface area contributed by atoms with E-state index >= 15 is 0 Å². The van der Waals surface area contributed by atoms with E-state index in [9.17, 15) is 4.79 Å². The maximum Gasteiger partial charge on any atom is 0.269 e. The van der Waals surface area contributed by atoms with E-state index in [0.29, 0.717) is 5.06 Å². The van der Waals surface area contributed by atoms with Crippen molar-refractivity contribution in [2.24, 2.45) is 5.92 Å². The number of benzene rings is 1. The van der Waals surface area contributed by atoms with Crippen LogP contribution in [0.25, 0.3) is 6.08 Å². The third kappa shape index (κ3) is 5.21. The SMILES string of the molecule is CN(O)C(=O)C=Cc1ccccc1SCC1CCCCC1. The number of hydroxylamine groups is 2. The number of hydrogen-bond donors (Lipinski definition) is 1. The van der Waals surface area contributed by atoms with Crippen molar-refractivity contribution < 1.29 is 10.0 Å². The number of likely N-dealkylation sites (N-methyl/N-ethyl adjacent to an activating group) is 1. The van der Waals surface area contributed by atoms with Gasteiger partial charge in [0.05, 0.1) is 0 Å². The predicted molar refractivity (Wildman–Crippen MR) is 87.3 cm³/mol. The molecule has 0 aliphatic heterocycles. The van der Waals surface area contributed by atoms with Crippen LogP contribution < -0.4 is 0 Å². The van der Waals surface area contributed by atoms with Crippen molar-refractivity contribution in [3.63, 3.8) is 0 Å². The Morgan fingerprint density at radius 2 is 2.05 bits per heavy atom. The molecular weight excluding hydrogens is 282 g/mol. The summed E-state index contributed by atoms with van der Waals surface area (Å²) in [7, 11) is 1.33. The summed E-state index contributed by atoms with van der Waals surface area (Å²) in [6.07, 6.45) is 9.99. The fourth-order valence-corrected chi connectivity index (χ4v) is 3.81. The first-order valence-corrected chi connectivity index (χ1v) is 8.52. The molecule has 21 heavy (non-hydrogen) atoms. The average molecular weight is 305 g/mol. The van der Waals surface area contributed by atoms with Crippen LogP contribution >= 0.6 is 11.8 Å². The van der Waals surface area contributed by atoms with Crippen molar-refractivity contribution in [3.05, 3.63) is 35.9 Å². The smallest absolute Gasteiger partial charge is 0.269 e. The Labute approximate surface area is 131 Å². The van der Waals surface area contributed by atoms with Crippen LogP contribution in [0.4, 0.5) is 0 Å². The molecule has 1 aliphatic rings. The zero-order chi connectivity index (χ0) is 15.1. The van der Waals surface area contributed by atoms with Crippen LogP contribution in [0.1, 0.15) is 37.7 Å². The van der Waals surface area contributed by atoms with Crippen LogP contribution in [0, 0.1) is 5.92 Å². The van der Waals surface area contributed by atoms with E-state index in [-0.39, 0.29) is 0 Å². The van der Waals surface area contributed by atoms with E-state index in [1.807, 2.05) is 30.0 Å². The van der Waals surface area contributed by atoms with Gasteiger partial charge in [0.2, 0.25) is 0 Å². The molecule has 0 radical (unpaired) electrons. The fraction of sp³-hybridized carbons (Fsp3) is 0.471. The zero-order valence-corrected chi connectivity index (χ0v) is 13.3. The summed E-state index contributed by atoms with van der Waals surface area (Å²) in [5.74, 6) is 1.56. The molecule has 0 atom stereocenters. The zero-order valence-electron chi connectivity index (χ0n) is 12.5. The van der Waals surface area contributed by atoms with Gasteiger partial charge in [-0.1, -0.05) is 37.5 Å². The van der Waals surface area contributed by atoms with E-state index < -0.39 is 5.91 Å². The lowest BCUT2D eigenvalue weighted by Gasteiger charge is -2.21. The maximum absolute atomic E-state index is 11.4. The lowest BCUT2D eigenvalue weighted by atomic mass is 9.91. The summed E-state index contributed by atoms with van der Waals surface area (Å²) >= 11 is 1.87. The Balaban J connectivity index is 1.97. The summed E-state index contributed by atoms with van der Waals surface area (Å²) < 4.78 is 0. The number of hydrogen-bond acceptors (Lipinski definition) is 3. The molecule has 1 amide bonds. The van der Waals surface area contributed by atoms with Crippen molar-refractivity contribution in [1.82, 2.24) is 5.06 Å². The number of rotatable bonds is 5. The van der Waals surface area contributed by atoms with Gasteiger partial charge in [0.1, 0.15) is 0 Å². The molecule has 114 valence electrons. The molecule has 3 nitrogen and oxygen atoms in total. The Kier molecular flexibility index (Phi) is 6.33. The minimum Gasteiger partial charge on any atom is -0.286 e. The predicted octanol–water partition coefficient (Wildman–Crippen LogP) is 4.22. The summed E-state index contributed by atoms with van der Waals surface area (Å²) in [5, 5.41) is 9.66. The first kappa shape index (κ1) is 16.1. The minimum absolute atomic E-state index is 0.415. The molecular formula is C17H23NO2S. The highest BCUT2D eigenvalue weighted by atomic mass is 32.2. The molecule has 1 N–H and O–H groups in total. The van der Waals surface area contributed by atoms with Gasteiger partial charge in [-0.2, -0.15) is 0 Å². The molecule has 0 heterocycles. The monoisotopic (exact) mass is 305 g/mol. The standard InChI is InChI=1S/C17H23NO2S/c1-18(20)17(19)12-11-15-9-5-6-10-16(15)21-13-14-7-3-2-4-8-14/h5-6,9-12,14,20H,2-4,7-8,13H2,1H3. The Hall–Kier alpha value is -1.26. The lowest BCUT2D eigenvalue weighted by molar-refractivity contribution is -0.153. The molecule has 0 saturated heterocycles. The van der Waals surface area contributed by atoms with Crippen molar-refractivity contribution in [3.8, 4) is 0 Å². The average Bonchev–Trinajstić information content (AvgIpc) is 2.52. The van der Waals surface area contributed by atoms with Crippen LogP contribution in [0.15, 0.2) is 35.2 Å². The third-order valence-corrected chi connectivity index (χ3v) is 5.16. The van der Waals surface area contributed by atoms with Crippen molar-refractivity contribution in [2.45, 2.75) is 37.0 Å². The van der Waals surface area contributed by atoms with Gasteiger partial charge < -0.3 is 0 Å². The Bertz CT molecular complexity index is 493. The largest absolute Gasteiger partial charge is 0.286 e. The highest BCUT2D eigenvalue weighted by Crippen LogP contribution is 2.31. The normalized spacial score (nSPS) is 16.3. The first-order valence-electron chi connectivity index (χ1n) is 7.53. The van der Waals surface area contributed by atoms with Crippen LogP contribution in [0.3, 0.4) is 0 Å². The van der Waals surface area contributed by atoms with Gasteiger partial charge in [-0.15, -0.1) is 11.8 Å². The van der Waals surface area contributed by atoms with Gasteiger partial charge in [0.15, 0.2) is 0 Å². The molecule has 0 unspecified atom stereocenters. The van der Waals surface area contributed by atoms with Crippen LogP contribution in [-0.4, -0.2) is 29.0 Å². The number of amides is 1. The Morgan fingerprint density at radius 3 is 2.76 bits per heavy atom. The van der Waals surface area contributed by atoms with E-state index in [2.05, 4.69) is 6.07 Å². The number of thioether (sulfide) groups is 1. The van der Waals surface area contributed by atoms with Crippen LogP contribution in [0.5, 0.6) is 0 Å². The van der Waals surface area contributed by atoms with Crippen LogP contribution in [0.2, 0.25) is 0 Å². The molecule has 4 heteroatoms. The maximum atomic E-state index is 11.4. The summed E-state index contributed by atoms with van der Waals surface area (Å²) in [6.45, 7) is 0. The van der Waals surface area contributed by atoms with Gasteiger partial charge >= 0.3 is 0 Å². The van der Waals surface area contributed by atoms with E-state index in [1.54, 1.807) is 6.08 Å². The second-order valence-corrected chi connectivity index (χ2v) is 6.61. The van der Waals surface area contributed by atoms with E-state index in [0.717, 1.165) is 17.2 Å². The molecule has 0 bridgehead atoms. The molecule has 1 saturated carbocycles. The van der Waals surface area contributed by atoms with Crippen molar-refractivity contribution in [2.75, 3.05) is 12.8 Å². The topological polar surface area (TPSA) is 40.5 Å². The number of carbonyl (C=O) groups is 1. The fourth-order valence-electron chi connectivity index (χ4n) is 2.58. The molecule has 1 fully saturated rings. The minimum atomic E-state index is -0.415. The van der Waals surface area contributed by atoms with Gasteiger partial charge in [-0.3, -0.25) is 10.0 Å². The van der Waals surface area contributed by atoms with Gasteiger partial charge in [-0.25, -0.2) is 5.06 Å². The highest BCUT2D eigenvalue weighted by Gasteiger charge is 2.14. The molecule has 0 spiro atoms. The second-order valence-electron chi connectivity index (χ2n) is 5.55. The number of carbonyl (C=O) groups excluding carboxylic acids is 1. The quantitative estimate of drug-likeness (QED) is 0.383. The molecule has 1 aromatic rings. The molecule has 1 aliphatic carbocycles. The second kappa shape index (κ2) is 8.25. The highest BCUT2D eigenvalue weighted by molar-refractivity contribution is 7.99. The van der Waals surface area contributed by atoms with Crippen LogP contribution in [-0.2, 0) is 4.79 Å². The summed E-state index contributed by atoms with van der Waals surface area (Å²) in [6, 6.07) is 8.10. The first-order chi connectivity index (χ1) is 10.2. The van der Waals surface area contributed by atoms with E-state index in [1.165, 1.54) is 50.1 Å². The Morgan fingerprint density at radius 1 is 1.33 bits per heavy atom. The van der Waals surface area contributed by atoms with Gasteiger partial charge in [0, 0.05) is 23.8 Å². The molecule has 2 rings (SSSR count). The van der Waals surface area contributed by atoms with Crippen molar-refractivity contribution in [1.29, 1.82) is 0 Å². The molecule has 0 aromatic heterocycles. The van der Waals surface area contributed by atoms with E-state index in [4.69, 9.17) is 5.21 Å². The van der Waals surface area contributed by atoms with Gasteiger partial charge in [-0.05, 0) is 36.5 Å². The van der Waals surface area contributed by atoms with Gasteiger partial charge in [0.25, 0.3) is 5.91 Å². The summed E-state index contributed by atoms with van der Waals surface area (Å²) in [5.41, 5.74) is 1.04. The summed E-state index contributed by atoms with van der Waals surface area (Å²) in [4.78, 5) is 12.6. The number of nitrogens with zero attached hydrogens (tertiary/aromatic N) is 1. The molecule has 1 aromatic carbocycles. The third-order valence-electron chi connectivity index (χ3n) is 3.84. The lowest BCUT2D eigenvalue weighted by Crippen LogP contribution is -2.19. The van der Waals surface area contributed by atoms with Crippen molar-refractivity contribution >= 4 is 23.7 Å².